The molecular formula is C18H13Cl3N4O3S. The number of ether oxygens (including phenoxy) is 1. The Hall–Kier alpha value is -2.26. The fourth-order valence-electron chi connectivity index (χ4n) is 1.97. The van der Waals surface area contributed by atoms with Crippen LogP contribution in [0.15, 0.2) is 57.2 Å². The average Bonchev–Trinajstić information content (AvgIpc) is 3.15. The lowest BCUT2D eigenvalue weighted by atomic mass is 10.2. The molecule has 3 rings (SSSR count). The molecule has 2 aromatic carbocycles. The monoisotopic (exact) mass is 470 g/mol. The van der Waals surface area contributed by atoms with Gasteiger partial charge < -0.3 is 9.15 Å². The highest BCUT2D eigenvalue weighted by Crippen LogP contribution is 2.28. The fourth-order valence-corrected chi connectivity index (χ4v) is 3.14. The summed E-state index contributed by atoms with van der Waals surface area (Å²) < 4.78 is 10.9. The molecule has 0 fully saturated rings. The summed E-state index contributed by atoms with van der Waals surface area (Å²) in [6, 6.07) is 11.9. The first-order valence-corrected chi connectivity index (χ1v) is 10.2. The number of amides is 1. The Morgan fingerprint density at radius 2 is 1.90 bits per heavy atom. The minimum absolute atomic E-state index is 0.0342. The molecule has 11 heteroatoms. The number of nitrogens with one attached hydrogen (secondary N) is 1. The highest BCUT2D eigenvalue weighted by Gasteiger charge is 2.11. The van der Waals surface area contributed by atoms with E-state index >= 15 is 0 Å². The van der Waals surface area contributed by atoms with Crippen molar-refractivity contribution in [2.24, 2.45) is 5.10 Å². The summed E-state index contributed by atoms with van der Waals surface area (Å²) >= 11 is 18.8. The first kappa shape index (κ1) is 21.4. The number of halogens is 3. The molecule has 7 nitrogen and oxygen atoms in total. The second kappa shape index (κ2) is 10.5. The number of nitrogens with zero attached hydrogens (tertiary/aromatic N) is 3. The number of aromatic nitrogens is 2. The van der Waals surface area contributed by atoms with Gasteiger partial charge in [0.15, 0.2) is 6.61 Å². The van der Waals surface area contributed by atoms with Gasteiger partial charge >= 0.3 is 0 Å². The van der Waals surface area contributed by atoms with Crippen LogP contribution >= 0.6 is 46.6 Å². The van der Waals surface area contributed by atoms with Crippen LogP contribution in [0, 0.1) is 0 Å². The van der Waals surface area contributed by atoms with Gasteiger partial charge in [0.05, 0.1) is 17.0 Å². The van der Waals surface area contributed by atoms with E-state index in [1.807, 2.05) is 0 Å². The SMILES string of the molecule is O=C(CSc1nnc(COc2ccc(Cl)cc2Cl)o1)N/N=C\c1ccc(Cl)cc1. The number of rotatable bonds is 8. The van der Waals surface area contributed by atoms with Gasteiger partial charge in [0.1, 0.15) is 5.75 Å². The molecular weight excluding hydrogens is 459 g/mol. The van der Waals surface area contributed by atoms with Gasteiger partial charge in [-0.15, -0.1) is 10.2 Å². The van der Waals surface area contributed by atoms with Crippen LogP contribution < -0.4 is 10.2 Å². The van der Waals surface area contributed by atoms with Crippen LogP contribution in [0.1, 0.15) is 11.5 Å². The maximum absolute atomic E-state index is 11.8. The van der Waals surface area contributed by atoms with Crippen molar-refractivity contribution in [3.8, 4) is 5.75 Å². The van der Waals surface area contributed by atoms with Gasteiger partial charge in [-0.2, -0.15) is 5.10 Å². The van der Waals surface area contributed by atoms with Crippen molar-refractivity contribution in [3.05, 3.63) is 69.0 Å². The Bertz CT molecular complexity index is 1010. The third-order valence-corrected chi connectivity index (χ3v) is 4.89. The summed E-state index contributed by atoms with van der Waals surface area (Å²) in [5.41, 5.74) is 3.23. The van der Waals surface area contributed by atoms with E-state index in [0.29, 0.717) is 20.8 Å². The summed E-state index contributed by atoms with van der Waals surface area (Å²) in [7, 11) is 0. The van der Waals surface area contributed by atoms with Crippen molar-refractivity contribution in [2.75, 3.05) is 5.75 Å². The number of carbonyl (C=O) groups excluding carboxylic acids is 1. The number of hydrazone groups is 1. The predicted molar refractivity (Wildman–Crippen MR) is 113 cm³/mol. The van der Waals surface area contributed by atoms with E-state index < -0.39 is 0 Å². The minimum atomic E-state index is -0.316. The van der Waals surface area contributed by atoms with Crippen molar-refractivity contribution in [3.63, 3.8) is 0 Å². The normalized spacial score (nSPS) is 11.0. The Balaban J connectivity index is 1.42. The van der Waals surface area contributed by atoms with E-state index in [0.717, 1.165) is 17.3 Å². The van der Waals surface area contributed by atoms with Gasteiger partial charge in [-0.3, -0.25) is 4.79 Å². The third-order valence-electron chi connectivity index (χ3n) is 3.29. The van der Waals surface area contributed by atoms with Gasteiger partial charge in [0, 0.05) is 10.0 Å². The molecule has 29 heavy (non-hydrogen) atoms. The lowest BCUT2D eigenvalue weighted by molar-refractivity contribution is -0.118. The van der Waals surface area contributed by atoms with Gasteiger partial charge in [0.25, 0.3) is 17.0 Å². The Kier molecular flexibility index (Phi) is 7.76. The van der Waals surface area contributed by atoms with Crippen LogP contribution in [0.3, 0.4) is 0 Å². The summed E-state index contributed by atoms with van der Waals surface area (Å²) in [4.78, 5) is 11.8. The molecule has 0 saturated heterocycles. The van der Waals surface area contributed by atoms with Gasteiger partial charge in [0.2, 0.25) is 0 Å². The maximum Gasteiger partial charge on any atom is 0.277 e. The largest absolute Gasteiger partial charge is 0.482 e. The zero-order chi connectivity index (χ0) is 20.6. The summed E-state index contributed by atoms with van der Waals surface area (Å²) in [6.45, 7) is 0.0342. The van der Waals surface area contributed by atoms with E-state index in [1.165, 1.54) is 6.21 Å². The molecule has 1 amide bonds. The van der Waals surface area contributed by atoms with Crippen LogP contribution in [0.25, 0.3) is 0 Å². The molecule has 1 aromatic heterocycles. The molecule has 1 N–H and O–H groups in total. The molecule has 1 heterocycles. The van der Waals surface area contributed by atoms with Crippen molar-refractivity contribution in [2.45, 2.75) is 11.8 Å². The zero-order valence-corrected chi connectivity index (χ0v) is 17.7. The molecule has 0 unspecified atom stereocenters. The van der Waals surface area contributed by atoms with E-state index in [9.17, 15) is 4.79 Å². The van der Waals surface area contributed by atoms with E-state index in [4.69, 9.17) is 44.0 Å². The van der Waals surface area contributed by atoms with E-state index in [2.05, 4.69) is 20.7 Å². The molecule has 0 aliphatic heterocycles. The number of benzene rings is 2. The topological polar surface area (TPSA) is 89.6 Å². The predicted octanol–water partition coefficient (Wildman–Crippen LogP) is 4.85. The number of carbonyl (C=O) groups is 1. The molecule has 3 aromatic rings. The zero-order valence-electron chi connectivity index (χ0n) is 14.6. The first-order valence-electron chi connectivity index (χ1n) is 8.10. The molecule has 0 aliphatic rings. The molecule has 0 spiro atoms. The maximum atomic E-state index is 11.8. The molecule has 0 atom stereocenters. The third kappa shape index (κ3) is 6.93. The highest BCUT2D eigenvalue weighted by molar-refractivity contribution is 7.99. The van der Waals surface area contributed by atoms with E-state index in [-0.39, 0.29) is 29.4 Å². The Morgan fingerprint density at radius 1 is 1.14 bits per heavy atom. The second-order valence-corrected chi connectivity index (χ2v) is 7.67. The van der Waals surface area contributed by atoms with Crippen LogP contribution in [0.5, 0.6) is 5.75 Å². The minimum Gasteiger partial charge on any atom is -0.482 e. The number of hydrogen-bond donors (Lipinski definition) is 1. The average molecular weight is 472 g/mol. The Morgan fingerprint density at radius 3 is 2.66 bits per heavy atom. The van der Waals surface area contributed by atoms with Gasteiger partial charge in [-0.05, 0) is 35.9 Å². The highest BCUT2D eigenvalue weighted by atomic mass is 35.5. The first-order chi connectivity index (χ1) is 14.0. The molecule has 0 radical (unpaired) electrons. The van der Waals surface area contributed by atoms with Gasteiger partial charge in [-0.25, -0.2) is 5.43 Å². The molecule has 0 aliphatic carbocycles. The Labute approximate surface area is 185 Å². The van der Waals surface area contributed by atoms with Crippen molar-refractivity contribution in [1.82, 2.24) is 15.6 Å². The smallest absolute Gasteiger partial charge is 0.277 e. The van der Waals surface area contributed by atoms with Crippen LogP contribution in [0.4, 0.5) is 0 Å². The number of hydrogen-bond acceptors (Lipinski definition) is 7. The van der Waals surface area contributed by atoms with Crippen molar-refractivity contribution >= 4 is 58.7 Å². The van der Waals surface area contributed by atoms with Crippen LogP contribution in [-0.4, -0.2) is 28.1 Å². The quantitative estimate of drug-likeness (QED) is 0.287. The standard InChI is InChI=1S/C18H13Cl3N4O3S/c19-12-3-1-11(2-4-12)8-22-23-16(26)10-29-18-25-24-17(28-18)9-27-15-6-5-13(20)7-14(15)21/h1-8H,9-10H2,(H,23,26)/b22-8-. The summed E-state index contributed by atoms with van der Waals surface area (Å²) in [6.07, 6.45) is 1.52. The van der Waals surface area contributed by atoms with Crippen LogP contribution in [-0.2, 0) is 11.4 Å². The van der Waals surface area contributed by atoms with Crippen molar-refractivity contribution < 1.29 is 13.9 Å². The summed E-state index contributed by atoms with van der Waals surface area (Å²) in [5, 5.41) is 13.3. The fraction of sp³-hybridized carbons (Fsp3) is 0.111. The summed E-state index contributed by atoms with van der Waals surface area (Å²) in [5.74, 6) is 0.439. The lowest BCUT2D eigenvalue weighted by Gasteiger charge is -2.05. The number of thioether (sulfide) groups is 1. The molecule has 150 valence electrons. The lowest BCUT2D eigenvalue weighted by Crippen LogP contribution is -2.19. The van der Waals surface area contributed by atoms with Gasteiger partial charge in [-0.1, -0.05) is 58.7 Å². The molecule has 0 saturated carbocycles. The molecule has 0 bridgehead atoms. The van der Waals surface area contributed by atoms with Crippen molar-refractivity contribution in [1.29, 1.82) is 0 Å². The van der Waals surface area contributed by atoms with Crippen LogP contribution in [0.2, 0.25) is 15.1 Å². The second-order valence-electron chi connectivity index (χ2n) is 5.46. The van der Waals surface area contributed by atoms with E-state index in [1.54, 1.807) is 42.5 Å².